The van der Waals surface area contributed by atoms with E-state index in [1.165, 1.54) is 0 Å². The van der Waals surface area contributed by atoms with E-state index in [1.807, 2.05) is 13.8 Å². The molecule has 1 unspecified atom stereocenters. The first-order valence-electron chi connectivity index (χ1n) is 6.11. The van der Waals surface area contributed by atoms with Crippen LogP contribution in [0.3, 0.4) is 0 Å². The lowest BCUT2D eigenvalue weighted by Crippen LogP contribution is -2.51. The number of likely N-dealkylation sites (N-methyl/N-ethyl adjacent to an activating group) is 1. The normalized spacial score (nSPS) is 24.5. The van der Waals surface area contributed by atoms with Gasteiger partial charge in [-0.15, -0.1) is 0 Å². The zero-order valence-electron chi connectivity index (χ0n) is 11.2. The maximum absolute atomic E-state index is 12.4. The number of aliphatic hydroxyl groups excluding tert-OH is 1. The topological polar surface area (TPSA) is 40.5 Å². The lowest BCUT2D eigenvalue weighted by molar-refractivity contribution is -0.143. The molecule has 0 saturated heterocycles. The number of carbonyl (C=O) groups is 1. The summed E-state index contributed by atoms with van der Waals surface area (Å²) in [5.74, 6) is 0.296. The fourth-order valence-corrected chi connectivity index (χ4v) is 2.42. The number of hydrogen-bond acceptors (Lipinski definition) is 2. The van der Waals surface area contributed by atoms with Crippen LogP contribution in [-0.4, -0.2) is 35.1 Å². The summed E-state index contributed by atoms with van der Waals surface area (Å²) in [6, 6.07) is 0. The summed E-state index contributed by atoms with van der Waals surface area (Å²) in [5.41, 5.74) is -0.355. The lowest BCUT2D eigenvalue weighted by atomic mass is 9.80. The lowest BCUT2D eigenvalue weighted by Gasteiger charge is -2.38. The minimum atomic E-state index is -0.463. The molecule has 1 rings (SSSR count). The molecule has 0 aromatic heterocycles. The van der Waals surface area contributed by atoms with Gasteiger partial charge in [0.1, 0.15) is 0 Å². The van der Waals surface area contributed by atoms with E-state index in [0.717, 1.165) is 19.3 Å². The summed E-state index contributed by atoms with van der Waals surface area (Å²) in [6.45, 7) is 8.13. The Balaban J connectivity index is 2.79. The van der Waals surface area contributed by atoms with Crippen LogP contribution in [0.2, 0.25) is 0 Å². The summed E-state index contributed by atoms with van der Waals surface area (Å²) >= 11 is 0. The van der Waals surface area contributed by atoms with Crippen LogP contribution in [0.5, 0.6) is 0 Å². The van der Waals surface area contributed by atoms with Crippen molar-refractivity contribution < 1.29 is 9.90 Å². The summed E-state index contributed by atoms with van der Waals surface area (Å²) in [4.78, 5) is 14.1. The first-order chi connectivity index (χ1) is 7.22. The molecule has 0 radical (unpaired) electrons. The standard InChI is InChI=1S/C13H25NO2/c1-12(2)8-6-7-10(12)11(16)14(5)13(3,4)9-15/h10,15H,6-9H2,1-5H3. The van der Waals surface area contributed by atoms with Crippen molar-refractivity contribution >= 4 is 5.91 Å². The van der Waals surface area contributed by atoms with Crippen molar-refractivity contribution in [3.8, 4) is 0 Å². The molecule has 1 saturated carbocycles. The highest BCUT2D eigenvalue weighted by Crippen LogP contribution is 2.43. The molecule has 3 heteroatoms. The maximum Gasteiger partial charge on any atom is 0.226 e. The van der Waals surface area contributed by atoms with Gasteiger partial charge in [-0.25, -0.2) is 0 Å². The van der Waals surface area contributed by atoms with Gasteiger partial charge in [0.05, 0.1) is 12.1 Å². The van der Waals surface area contributed by atoms with E-state index in [1.54, 1.807) is 11.9 Å². The first-order valence-corrected chi connectivity index (χ1v) is 6.11. The van der Waals surface area contributed by atoms with Crippen molar-refractivity contribution in [3.05, 3.63) is 0 Å². The second-order valence-electron chi connectivity index (χ2n) is 6.30. The Bertz CT molecular complexity index is 271. The molecule has 0 aromatic rings. The predicted octanol–water partition coefficient (Wildman–Crippen LogP) is 2.04. The molecule has 1 atom stereocenters. The third-order valence-electron chi connectivity index (χ3n) is 4.18. The fourth-order valence-electron chi connectivity index (χ4n) is 2.42. The average molecular weight is 227 g/mol. The van der Waals surface area contributed by atoms with Gasteiger partial charge in [-0.2, -0.15) is 0 Å². The van der Waals surface area contributed by atoms with E-state index in [2.05, 4.69) is 13.8 Å². The van der Waals surface area contributed by atoms with Crippen molar-refractivity contribution in [2.24, 2.45) is 11.3 Å². The van der Waals surface area contributed by atoms with Crippen LogP contribution in [0.25, 0.3) is 0 Å². The molecule has 3 nitrogen and oxygen atoms in total. The number of hydrogen-bond donors (Lipinski definition) is 1. The summed E-state index contributed by atoms with van der Waals surface area (Å²) in [5, 5.41) is 9.29. The first kappa shape index (κ1) is 13.5. The molecule has 1 fully saturated rings. The molecular formula is C13H25NO2. The van der Waals surface area contributed by atoms with Crippen LogP contribution >= 0.6 is 0 Å². The predicted molar refractivity (Wildman–Crippen MR) is 65.1 cm³/mol. The Kier molecular flexibility index (Phi) is 3.68. The monoisotopic (exact) mass is 227 g/mol. The van der Waals surface area contributed by atoms with Crippen LogP contribution in [0.1, 0.15) is 47.0 Å². The van der Waals surface area contributed by atoms with Crippen molar-refractivity contribution in [3.63, 3.8) is 0 Å². The third-order valence-corrected chi connectivity index (χ3v) is 4.18. The van der Waals surface area contributed by atoms with Gasteiger partial charge in [-0.05, 0) is 32.1 Å². The molecule has 1 aliphatic carbocycles. The zero-order chi connectivity index (χ0) is 12.6. The van der Waals surface area contributed by atoms with Crippen molar-refractivity contribution in [1.29, 1.82) is 0 Å². The highest BCUT2D eigenvalue weighted by molar-refractivity contribution is 5.80. The SMILES string of the molecule is CN(C(=O)C1CCCC1(C)C)C(C)(C)CO. The number of amides is 1. The Labute approximate surface area is 98.8 Å². The Morgan fingerprint density at radius 3 is 2.44 bits per heavy atom. The van der Waals surface area contributed by atoms with Gasteiger partial charge in [0.25, 0.3) is 0 Å². The van der Waals surface area contributed by atoms with Gasteiger partial charge in [-0.3, -0.25) is 4.79 Å². The zero-order valence-corrected chi connectivity index (χ0v) is 11.2. The molecular weight excluding hydrogens is 202 g/mol. The van der Waals surface area contributed by atoms with E-state index in [0.29, 0.717) is 0 Å². The smallest absolute Gasteiger partial charge is 0.226 e. The minimum Gasteiger partial charge on any atom is -0.394 e. The molecule has 0 spiro atoms. The van der Waals surface area contributed by atoms with Crippen LogP contribution in [0.15, 0.2) is 0 Å². The van der Waals surface area contributed by atoms with Gasteiger partial charge in [0.15, 0.2) is 0 Å². The van der Waals surface area contributed by atoms with E-state index in [-0.39, 0.29) is 23.8 Å². The summed E-state index contributed by atoms with van der Waals surface area (Å²) in [6.07, 6.45) is 3.24. The molecule has 0 aromatic carbocycles. The molecule has 1 N–H and O–H groups in total. The molecule has 0 heterocycles. The Hall–Kier alpha value is -0.570. The van der Waals surface area contributed by atoms with Gasteiger partial charge in [0, 0.05) is 13.0 Å². The van der Waals surface area contributed by atoms with Gasteiger partial charge >= 0.3 is 0 Å². The Morgan fingerprint density at radius 1 is 1.50 bits per heavy atom. The van der Waals surface area contributed by atoms with Crippen molar-refractivity contribution in [2.75, 3.05) is 13.7 Å². The fraction of sp³-hybridized carbons (Fsp3) is 0.923. The van der Waals surface area contributed by atoms with Gasteiger partial charge < -0.3 is 10.0 Å². The van der Waals surface area contributed by atoms with Crippen LogP contribution in [-0.2, 0) is 4.79 Å². The third kappa shape index (κ3) is 2.40. The Morgan fingerprint density at radius 2 is 2.06 bits per heavy atom. The number of rotatable bonds is 3. The van der Waals surface area contributed by atoms with Crippen molar-refractivity contribution in [1.82, 2.24) is 4.90 Å². The maximum atomic E-state index is 12.4. The van der Waals surface area contributed by atoms with E-state index < -0.39 is 5.54 Å². The quantitative estimate of drug-likeness (QED) is 0.801. The second-order valence-corrected chi connectivity index (χ2v) is 6.30. The van der Waals surface area contributed by atoms with E-state index >= 15 is 0 Å². The molecule has 0 aliphatic heterocycles. The van der Waals surface area contributed by atoms with Gasteiger partial charge in [-0.1, -0.05) is 20.3 Å². The summed E-state index contributed by atoms with van der Waals surface area (Å²) in [7, 11) is 1.80. The highest BCUT2D eigenvalue weighted by Gasteiger charge is 2.42. The van der Waals surface area contributed by atoms with Crippen LogP contribution < -0.4 is 0 Å². The highest BCUT2D eigenvalue weighted by atomic mass is 16.3. The average Bonchev–Trinajstić information content (AvgIpc) is 2.55. The minimum absolute atomic E-state index is 0.00237. The molecule has 1 amide bonds. The number of carbonyl (C=O) groups excluding carboxylic acids is 1. The number of aliphatic hydroxyl groups is 1. The van der Waals surface area contributed by atoms with Crippen LogP contribution in [0, 0.1) is 11.3 Å². The second kappa shape index (κ2) is 4.36. The molecule has 1 aliphatic rings. The molecule has 0 bridgehead atoms. The molecule has 94 valence electrons. The largest absolute Gasteiger partial charge is 0.394 e. The molecule has 16 heavy (non-hydrogen) atoms. The van der Waals surface area contributed by atoms with Gasteiger partial charge in [0.2, 0.25) is 5.91 Å². The van der Waals surface area contributed by atoms with Crippen molar-refractivity contribution in [2.45, 2.75) is 52.5 Å². The number of nitrogens with zero attached hydrogens (tertiary/aromatic N) is 1. The van der Waals surface area contributed by atoms with E-state index in [9.17, 15) is 9.90 Å². The van der Waals surface area contributed by atoms with E-state index in [4.69, 9.17) is 0 Å². The summed E-state index contributed by atoms with van der Waals surface area (Å²) < 4.78 is 0. The van der Waals surface area contributed by atoms with Crippen LogP contribution in [0.4, 0.5) is 0 Å².